The maximum absolute atomic E-state index is 6.12. The molecule has 0 bridgehead atoms. The SMILES string of the molecule is CCC(N)Cc1ccc(Br)cc1N(C)Cc1cccnc1. The first-order valence-corrected chi connectivity index (χ1v) is 8.03. The Hall–Kier alpha value is -1.39. The quantitative estimate of drug-likeness (QED) is 0.864. The van der Waals surface area contributed by atoms with Gasteiger partial charge in [0.15, 0.2) is 0 Å². The molecule has 0 aliphatic rings. The Morgan fingerprint density at radius 3 is 2.81 bits per heavy atom. The van der Waals surface area contributed by atoms with E-state index in [4.69, 9.17) is 5.73 Å². The molecule has 0 aliphatic heterocycles. The van der Waals surface area contributed by atoms with Crippen LogP contribution in [0.2, 0.25) is 0 Å². The Balaban J connectivity index is 2.22. The summed E-state index contributed by atoms with van der Waals surface area (Å²) in [5, 5.41) is 0. The Morgan fingerprint density at radius 2 is 2.14 bits per heavy atom. The van der Waals surface area contributed by atoms with Gasteiger partial charge in [-0.2, -0.15) is 0 Å². The molecule has 2 N–H and O–H groups in total. The number of rotatable bonds is 6. The summed E-state index contributed by atoms with van der Waals surface area (Å²) in [6.45, 7) is 2.96. The Bertz CT molecular complexity index is 572. The summed E-state index contributed by atoms with van der Waals surface area (Å²) in [5.41, 5.74) is 9.83. The van der Waals surface area contributed by atoms with Crippen molar-refractivity contribution in [3.8, 4) is 0 Å². The van der Waals surface area contributed by atoms with Gasteiger partial charge in [0.2, 0.25) is 0 Å². The molecule has 0 amide bonds. The molecule has 3 nitrogen and oxygen atoms in total. The van der Waals surface area contributed by atoms with Crippen molar-refractivity contribution in [2.75, 3.05) is 11.9 Å². The predicted molar refractivity (Wildman–Crippen MR) is 92.5 cm³/mol. The number of hydrogen-bond donors (Lipinski definition) is 1. The van der Waals surface area contributed by atoms with Gasteiger partial charge in [-0.1, -0.05) is 35.0 Å². The lowest BCUT2D eigenvalue weighted by Gasteiger charge is -2.24. The molecular weight excluding hydrogens is 326 g/mol. The van der Waals surface area contributed by atoms with Gasteiger partial charge in [-0.15, -0.1) is 0 Å². The minimum atomic E-state index is 0.205. The Morgan fingerprint density at radius 1 is 1.33 bits per heavy atom. The molecule has 112 valence electrons. The van der Waals surface area contributed by atoms with Gasteiger partial charge in [0.1, 0.15) is 0 Å². The van der Waals surface area contributed by atoms with E-state index in [1.807, 2.05) is 12.3 Å². The van der Waals surface area contributed by atoms with Crippen LogP contribution in [0.3, 0.4) is 0 Å². The summed E-state index contributed by atoms with van der Waals surface area (Å²) in [6, 6.07) is 10.7. The molecule has 0 spiro atoms. The van der Waals surface area contributed by atoms with E-state index in [9.17, 15) is 0 Å². The second kappa shape index (κ2) is 7.57. The average Bonchev–Trinajstić information content (AvgIpc) is 2.49. The first kappa shape index (κ1) is 16.0. The van der Waals surface area contributed by atoms with Crippen LogP contribution < -0.4 is 10.6 Å². The average molecular weight is 348 g/mol. The fraction of sp³-hybridized carbons (Fsp3) is 0.353. The van der Waals surface area contributed by atoms with Crippen LogP contribution in [0.1, 0.15) is 24.5 Å². The lowest BCUT2D eigenvalue weighted by atomic mass is 10.0. The van der Waals surface area contributed by atoms with Crippen LogP contribution in [-0.2, 0) is 13.0 Å². The van der Waals surface area contributed by atoms with E-state index in [1.54, 1.807) is 6.20 Å². The van der Waals surface area contributed by atoms with Crippen LogP contribution >= 0.6 is 15.9 Å². The maximum atomic E-state index is 6.12. The van der Waals surface area contributed by atoms with Gasteiger partial charge < -0.3 is 10.6 Å². The highest BCUT2D eigenvalue weighted by Crippen LogP contribution is 2.26. The highest BCUT2D eigenvalue weighted by molar-refractivity contribution is 9.10. The van der Waals surface area contributed by atoms with Crippen molar-refractivity contribution >= 4 is 21.6 Å². The van der Waals surface area contributed by atoms with Gasteiger partial charge in [0.25, 0.3) is 0 Å². The number of benzene rings is 1. The summed E-state index contributed by atoms with van der Waals surface area (Å²) in [7, 11) is 2.11. The van der Waals surface area contributed by atoms with Gasteiger partial charge in [0, 0.05) is 42.2 Å². The van der Waals surface area contributed by atoms with Crippen LogP contribution in [0.25, 0.3) is 0 Å². The molecule has 1 aromatic carbocycles. The molecule has 1 unspecified atom stereocenters. The van der Waals surface area contributed by atoms with E-state index in [0.717, 1.165) is 23.9 Å². The van der Waals surface area contributed by atoms with Crippen molar-refractivity contribution in [2.45, 2.75) is 32.4 Å². The zero-order valence-corrected chi connectivity index (χ0v) is 14.2. The molecule has 0 fully saturated rings. The van der Waals surface area contributed by atoms with Crippen LogP contribution in [-0.4, -0.2) is 18.1 Å². The fourth-order valence-electron chi connectivity index (χ4n) is 2.34. The monoisotopic (exact) mass is 347 g/mol. The largest absolute Gasteiger partial charge is 0.370 e. The van der Waals surface area contributed by atoms with Crippen molar-refractivity contribution in [1.29, 1.82) is 0 Å². The lowest BCUT2D eigenvalue weighted by molar-refractivity contribution is 0.645. The fourth-order valence-corrected chi connectivity index (χ4v) is 2.69. The summed E-state index contributed by atoms with van der Waals surface area (Å²) < 4.78 is 1.09. The van der Waals surface area contributed by atoms with Crippen molar-refractivity contribution in [2.24, 2.45) is 5.73 Å². The van der Waals surface area contributed by atoms with Gasteiger partial charge >= 0.3 is 0 Å². The van der Waals surface area contributed by atoms with E-state index < -0.39 is 0 Å². The van der Waals surface area contributed by atoms with E-state index in [-0.39, 0.29) is 6.04 Å². The zero-order valence-electron chi connectivity index (χ0n) is 12.6. The highest BCUT2D eigenvalue weighted by atomic mass is 79.9. The predicted octanol–water partition coefficient (Wildman–Crippen LogP) is 3.76. The number of aromatic nitrogens is 1. The molecule has 0 radical (unpaired) electrons. The standard InChI is InChI=1S/C17H22BrN3/c1-3-16(19)9-14-6-7-15(18)10-17(14)21(2)12-13-5-4-8-20-11-13/h4-8,10-11,16H,3,9,12,19H2,1-2H3. The molecule has 0 saturated carbocycles. The summed E-state index contributed by atoms with van der Waals surface area (Å²) in [4.78, 5) is 6.43. The molecule has 1 aromatic heterocycles. The molecule has 0 saturated heterocycles. The highest BCUT2D eigenvalue weighted by Gasteiger charge is 2.11. The number of nitrogens with two attached hydrogens (primary N) is 1. The van der Waals surface area contributed by atoms with Crippen LogP contribution in [0.15, 0.2) is 47.2 Å². The third-order valence-corrected chi connectivity index (χ3v) is 4.10. The summed E-state index contributed by atoms with van der Waals surface area (Å²) >= 11 is 3.56. The molecule has 2 aromatic rings. The zero-order chi connectivity index (χ0) is 15.2. The van der Waals surface area contributed by atoms with Crippen molar-refractivity contribution in [1.82, 2.24) is 4.98 Å². The molecule has 21 heavy (non-hydrogen) atoms. The summed E-state index contributed by atoms with van der Waals surface area (Å²) in [6.07, 6.45) is 5.60. The van der Waals surface area contributed by atoms with Crippen LogP contribution in [0.5, 0.6) is 0 Å². The normalized spacial score (nSPS) is 12.2. The number of halogens is 1. The van der Waals surface area contributed by atoms with E-state index in [1.165, 1.54) is 16.8 Å². The number of hydrogen-bond acceptors (Lipinski definition) is 3. The maximum Gasteiger partial charge on any atom is 0.0441 e. The first-order chi connectivity index (χ1) is 10.1. The molecule has 0 aliphatic carbocycles. The molecular formula is C17H22BrN3. The number of pyridine rings is 1. The van der Waals surface area contributed by atoms with Gasteiger partial charge in [0.05, 0.1) is 0 Å². The second-order valence-corrected chi connectivity index (χ2v) is 6.28. The van der Waals surface area contributed by atoms with E-state index in [2.05, 4.69) is 64.1 Å². The smallest absolute Gasteiger partial charge is 0.0441 e. The van der Waals surface area contributed by atoms with Crippen LogP contribution in [0.4, 0.5) is 5.69 Å². The van der Waals surface area contributed by atoms with Gasteiger partial charge in [-0.05, 0) is 42.2 Å². The minimum absolute atomic E-state index is 0.205. The third kappa shape index (κ3) is 4.55. The number of nitrogens with zero attached hydrogens (tertiary/aromatic N) is 2. The molecule has 4 heteroatoms. The molecule has 1 heterocycles. The topological polar surface area (TPSA) is 42.1 Å². The molecule has 2 rings (SSSR count). The van der Waals surface area contributed by atoms with Crippen molar-refractivity contribution < 1.29 is 0 Å². The lowest BCUT2D eigenvalue weighted by Crippen LogP contribution is -2.24. The minimum Gasteiger partial charge on any atom is -0.370 e. The van der Waals surface area contributed by atoms with E-state index >= 15 is 0 Å². The number of anilines is 1. The Labute approximate surface area is 135 Å². The Kier molecular flexibility index (Phi) is 5.76. The first-order valence-electron chi connectivity index (χ1n) is 7.24. The van der Waals surface area contributed by atoms with E-state index in [0.29, 0.717) is 0 Å². The second-order valence-electron chi connectivity index (χ2n) is 5.36. The summed E-state index contributed by atoms with van der Waals surface area (Å²) in [5.74, 6) is 0. The van der Waals surface area contributed by atoms with Crippen molar-refractivity contribution in [3.63, 3.8) is 0 Å². The molecule has 1 atom stereocenters. The van der Waals surface area contributed by atoms with Gasteiger partial charge in [-0.3, -0.25) is 4.98 Å². The van der Waals surface area contributed by atoms with Crippen LogP contribution in [0, 0.1) is 0 Å². The van der Waals surface area contributed by atoms with Gasteiger partial charge in [-0.25, -0.2) is 0 Å². The third-order valence-electron chi connectivity index (χ3n) is 3.61. The van der Waals surface area contributed by atoms with Crippen molar-refractivity contribution in [3.05, 3.63) is 58.3 Å².